The van der Waals surface area contributed by atoms with Gasteiger partial charge < -0.3 is 14.9 Å². The van der Waals surface area contributed by atoms with Crippen LogP contribution in [0.1, 0.15) is 13.2 Å². The lowest BCUT2D eigenvalue weighted by molar-refractivity contribution is -0.213. The molecule has 1 saturated heterocycles. The number of aliphatic hydroxyl groups excluding tert-OH is 2. The topological polar surface area (TPSA) is 105 Å². The lowest BCUT2D eigenvalue weighted by atomic mass is 9.92. The van der Waals surface area contributed by atoms with Crippen LogP contribution in [0.2, 0.25) is 0 Å². The number of hydrogen-bond donors (Lipinski definition) is 3. The molecule has 1 aliphatic rings. The normalized spacial score (nSPS) is 35.3. The number of halogens is 1. The summed E-state index contributed by atoms with van der Waals surface area (Å²) in [6, 6.07) is 1.11. The zero-order valence-corrected chi connectivity index (χ0v) is 10.2. The van der Waals surface area contributed by atoms with Gasteiger partial charge in [0.1, 0.15) is 24.6 Å². The van der Waals surface area contributed by atoms with Gasteiger partial charge in [-0.05, 0) is 0 Å². The molecule has 0 aliphatic carbocycles. The van der Waals surface area contributed by atoms with Gasteiger partial charge in [0, 0.05) is 18.2 Å². The average molecular weight is 274 g/mol. The van der Waals surface area contributed by atoms with E-state index in [1.165, 1.54) is 13.1 Å². The highest BCUT2D eigenvalue weighted by atomic mass is 19.1. The summed E-state index contributed by atoms with van der Waals surface area (Å²) in [5.41, 5.74) is -1.30. The van der Waals surface area contributed by atoms with Crippen LogP contribution < -0.4 is 11.2 Å². The van der Waals surface area contributed by atoms with Crippen LogP contribution in [0.15, 0.2) is 21.9 Å². The first kappa shape index (κ1) is 13.9. The third-order valence-electron chi connectivity index (χ3n) is 3.28. The van der Waals surface area contributed by atoms with Crippen LogP contribution in [0.3, 0.4) is 0 Å². The second kappa shape index (κ2) is 5.24. The molecule has 0 aromatic carbocycles. The Hall–Kier alpha value is -1.51. The van der Waals surface area contributed by atoms with E-state index in [-0.39, 0.29) is 0 Å². The number of ether oxygens (including phenoxy) is 1. The van der Waals surface area contributed by atoms with E-state index in [9.17, 15) is 19.1 Å². The zero-order valence-electron chi connectivity index (χ0n) is 10.2. The Bertz CT molecular complexity index is 555. The number of rotatable bonds is 2. The average Bonchev–Trinajstić information content (AvgIpc) is 2.38. The molecule has 0 bridgehead atoms. The lowest BCUT2D eigenvalue weighted by Gasteiger charge is -2.40. The predicted octanol–water partition coefficient (Wildman–Crippen LogP) is -1.24. The van der Waals surface area contributed by atoms with Crippen molar-refractivity contribution in [2.45, 2.75) is 31.5 Å². The Morgan fingerprint density at radius 1 is 1.53 bits per heavy atom. The molecule has 3 unspecified atom stereocenters. The van der Waals surface area contributed by atoms with Crippen molar-refractivity contribution in [2.75, 3.05) is 6.61 Å². The maximum absolute atomic E-state index is 13.9. The van der Waals surface area contributed by atoms with E-state index in [1.807, 2.05) is 4.98 Å². The maximum atomic E-state index is 13.9. The van der Waals surface area contributed by atoms with Gasteiger partial charge in [0.15, 0.2) is 0 Å². The molecule has 106 valence electrons. The summed E-state index contributed by atoms with van der Waals surface area (Å²) >= 11 is 0. The number of H-pyrrole nitrogens is 1. The molecule has 2 rings (SSSR count). The monoisotopic (exact) mass is 274 g/mol. The molecule has 0 spiro atoms. The predicted molar refractivity (Wildman–Crippen MR) is 62.4 cm³/mol. The molecule has 0 radical (unpaired) electrons. The van der Waals surface area contributed by atoms with Crippen molar-refractivity contribution in [3.8, 4) is 0 Å². The number of aromatic amines is 1. The van der Waals surface area contributed by atoms with Crippen LogP contribution in [0.25, 0.3) is 0 Å². The maximum Gasteiger partial charge on any atom is 0.330 e. The molecule has 1 aliphatic heterocycles. The number of nitrogens with zero attached hydrogens (tertiary/aromatic N) is 1. The van der Waals surface area contributed by atoms with Crippen LogP contribution >= 0.6 is 0 Å². The van der Waals surface area contributed by atoms with E-state index in [0.717, 1.165) is 10.6 Å². The lowest BCUT2D eigenvalue weighted by Crippen LogP contribution is -2.52. The number of hydrogen-bond acceptors (Lipinski definition) is 5. The van der Waals surface area contributed by atoms with E-state index in [2.05, 4.69) is 0 Å². The minimum Gasteiger partial charge on any atom is -0.394 e. The fourth-order valence-electron chi connectivity index (χ4n) is 2.15. The summed E-state index contributed by atoms with van der Waals surface area (Å²) in [7, 11) is 0. The van der Waals surface area contributed by atoms with Crippen molar-refractivity contribution in [2.24, 2.45) is 5.92 Å². The Labute approximate surface area is 107 Å². The molecule has 19 heavy (non-hydrogen) atoms. The van der Waals surface area contributed by atoms with E-state index in [4.69, 9.17) is 9.84 Å². The van der Waals surface area contributed by atoms with Gasteiger partial charge >= 0.3 is 5.69 Å². The van der Waals surface area contributed by atoms with Crippen LogP contribution in [0, 0.1) is 5.92 Å². The molecule has 1 aromatic heterocycles. The number of alkyl halides is 1. The minimum atomic E-state index is -1.64. The van der Waals surface area contributed by atoms with E-state index in [0.29, 0.717) is 0 Å². The first-order valence-electron chi connectivity index (χ1n) is 5.85. The van der Waals surface area contributed by atoms with Crippen molar-refractivity contribution < 1.29 is 19.3 Å². The highest BCUT2D eigenvalue weighted by Crippen LogP contribution is 2.33. The van der Waals surface area contributed by atoms with Gasteiger partial charge in [-0.25, -0.2) is 9.18 Å². The SMILES string of the molecule is CC1C(F)C(O)[C@@H](CO)O[C@H]1n1ccc(=O)[nH]c1=O. The summed E-state index contributed by atoms with van der Waals surface area (Å²) in [6.45, 7) is 0.909. The number of aliphatic hydroxyl groups is 2. The molecule has 2 heterocycles. The molecule has 3 N–H and O–H groups in total. The molecule has 1 fully saturated rings. The molecular formula is C11H15FN2O5. The minimum absolute atomic E-state index is 0.567. The molecule has 7 nitrogen and oxygen atoms in total. The molecule has 8 heteroatoms. The van der Waals surface area contributed by atoms with Crippen molar-refractivity contribution in [1.82, 2.24) is 9.55 Å². The van der Waals surface area contributed by atoms with Gasteiger partial charge in [0.05, 0.1) is 6.61 Å². The second-order valence-electron chi connectivity index (χ2n) is 4.56. The van der Waals surface area contributed by atoms with Gasteiger partial charge in [-0.3, -0.25) is 14.3 Å². The third kappa shape index (κ3) is 2.46. The second-order valence-corrected chi connectivity index (χ2v) is 4.56. The fraction of sp³-hybridized carbons (Fsp3) is 0.636. The van der Waals surface area contributed by atoms with Gasteiger partial charge in [0.25, 0.3) is 5.56 Å². The van der Waals surface area contributed by atoms with E-state index >= 15 is 0 Å². The highest BCUT2D eigenvalue weighted by Gasteiger charge is 2.44. The Morgan fingerprint density at radius 3 is 2.79 bits per heavy atom. The summed E-state index contributed by atoms with van der Waals surface area (Å²) in [5.74, 6) is -0.804. The van der Waals surface area contributed by atoms with Crippen LogP contribution in [-0.2, 0) is 4.74 Å². The van der Waals surface area contributed by atoms with Crippen LogP contribution in [0.4, 0.5) is 4.39 Å². The molecule has 1 aromatic rings. The van der Waals surface area contributed by atoms with Crippen molar-refractivity contribution in [3.05, 3.63) is 33.1 Å². The Balaban J connectivity index is 2.38. The summed E-state index contributed by atoms with van der Waals surface area (Å²) in [4.78, 5) is 24.7. The molecule has 0 amide bonds. The highest BCUT2D eigenvalue weighted by molar-refractivity contribution is 4.92. The van der Waals surface area contributed by atoms with Crippen molar-refractivity contribution >= 4 is 0 Å². The Kier molecular flexibility index (Phi) is 3.83. The first-order chi connectivity index (χ1) is 8.95. The molecule has 0 saturated carbocycles. The van der Waals surface area contributed by atoms with Crippen LogP contribution in [0.5, 0.6) is 0 Å². The Morgan fingerprint density at radius 2 is 2.21 bits per heavy atom. The third-order valence-corrected chi connectivity index (χ3v) is 3.28. The van der Waals surface area contributed by atoms with Crippen molar-refractivity contribution in [1.29, 1.82) is 0 Å². The first-order valence-corrected chi connectivity index (χ1v) is 5.85. The van der Waals surface area contributed by atoms with Gasteiger partial charge in [0.2, 0.25) is 0 Å². The number of aromatic nitrogens is 2. The number of nitrogens with one attached hydrogen (secondary N) is 1. The van der Waals surface area contributed by atoms with Gasteiger partial charge in [-0.2, -0.15) is 0 Å². The molecule has 5 atom stereocenters. The van der Waals surface area contributed by atoms with Crippen molar-refractivity contribution in [3.63, 3.8) is 0 Å². The smallest absolute Gasteiger partial charge is 0.330 e. The quantitative estimate of drug-likeness (QED) is 0.626. The summed E-state index contributed by atoms with van der Waals surface area (Å²) in [5, 5.41) is 18.6. The van der Waals surface area contributed by atoms with E-state index < -0.39 is 48.4 Å². The summed E-state index contributed by atoms with van der Waals surface area (Å²) in [6.07, 6.45) is -4.01. The zero-order chi connectivity index (χ0) is 14.2. The largest absolute Gasteiger partial charge is 0.394 e. The molecular weight excluding hydrogens is 259 g/mol. The standard InChI is InChI=1S/C11H15FN2O5/c1-5-8(12)9(17)6(4-15)19-10(5)14-3-2-7(16)13-11(14)18/h2-3,5-6,8-10,15,17H,4H2,1H3,(H,13,16,18)/t5?,6-,8?,9?,10-/m1/s1. The van der Waals surface area contributed by atoms with Gasteiger partial charge in [-0.15, -0.1) is 0 Å². The van der Waals surface area contributed by atoms with Crippen LogP contribution in [-0.4, -0.2) is 44.8 Å². The van der Waals surface area contributed by atoms with Gasteiger partial charge in [-0.1, -0.05) is 6.92 Å². The summed E-state index contributed by atoms with van der Waals surface area (Å²) < 4.78 is 20.3. The fourth-order valence-corrected chi connectivity index (χ4v) is 2.15. The van der Waals surface area contributed by atoms with E-state index in [1.54, 1.807) is 0 Å².